The van der Waals surface area contributed by atoms with Gasteiger partial charge in [0, 0.05) is 10.2 Å². The molecule has 1 aliphatic carbocycles. The summed E-state index contributed by atoms with van der Waals surface area (Å²) in [6.45, 7) is 6.31. The highest BCUT2D eigenvalue weighted by atomic mass is 79.9. The largest absolute Gasteiger partial charge is 0.487 e. The highest BCUT2D eigenvalue weighted by Crippen LogP contribution is 2.52. The lowest BCUT2D eigenvalue weighted by atomic mass is 9.62. The zero-order chi connectivity index (χ0) is 13.3. The summed E-state index contributed by atoms with van der Waals surface area (Å²) >= 11 is 3.72. The highest BCUT2D eigenvalue weighted by molar-refractivity contribution is 9.09. The van der Waals surface area contributed by atoms with Crippen molar-refractivity contribution in [3.63, 3.8) is 0 Å². The van der Waals surface area contributed by atoms with E-state index in [9.17, 15) is 4.39 Å². The maximum atomic E-state index is 13.7. The third kappa shape index (κ3) is 2.18. The first-order chi connectivity index (χ1) is 8.53. The van der Waals surface area contributed by atoms with E-state index in [0.717, 1.165) is 24.8 Å². The molecule has 0 radical (unpaired) electrons. The van der Waals surface area contributed by atoms with Crippen LogP contribution in [0.2, 0.25) is 0 Å². The zero-order valence-corrected chi connectivity index (χ0v) is 12.8. The van der Waals surface area contributed by atoms with Crippen LogP contribution >= 0.6 is 15.9 Å². The Morgan fingerprint density at radius 3 is 2.61 bits per heavy atom. The summed E-state index contributed by atoms with van der Waals surface area (Å²) in [5, 5.41) is 0. The molecular formula is C15H20BrFO. The second-order valence-corrected chi connectivity index (χ2v) is 6.29. The minimum absolute atomic E-state index is 0.119. The van der Waals surface area contributed by atoms with Gasteiger partial charge in [-0.15, -0.1) is 0 Å². The van der Waals surface area contributed by atoms with Gasteiger partial charge in [0.1, 0.15) is 6.10 Å². The molecule has 100 valence electrons. The van der Waals surface area contributed by atoms with Gasteiger partial charge in [0.05, 0.1) is 0 Å². The van der Waals surface area contributed by atoms with E-state index in [1.54, 1.807) is 12.1 Å². The monoisotopic (exact) mass is 314 g/mol. The average molecular weight is 315 g/mol. The van der Waals surface area contributed by atoms with E-state index in [4.69, 9.17) is 4.74 Å². The van der Waals surface area contributed by atoms with Crippen LogP contribution < -0.4 is 4.74 Å². The van der Waals surface area contributed by atoms with E-state index in [2.05, 4.69) is 29.8 Å². The van der Waals surface area contributed by atoms with Crippen LogP contribution in [0, 0.1) is 18.2 Å². The van der Waals surface area contributed by atoms with E-state index in [1.807, 2.05) is 6.92 Å². The molecule has 3 heteroatoms. The second kappa shape index (κ2) is 5.20. The molecule has 2 rings (SSSR count). The van der Waals surface area contributed by atoms with Crippen molar-refractivity contribution in [3.8, 4) is 5.75 Å². The Hall–Kier alpha value is -0.570. The summed E-state index contributed by atoms with van der Waals surface area (Å²) in [6.07, 6.45) is 3.18. The fourth-order valence-electron chi connectivity index (χ4n) is 2.87. The fourth-order valence-corrected chi connectivity index (χ4v) is 4.15. The third-order valence-corrected chi connectivity index (χ3v) is 5.64. The Bertz CT molecular complexity index is 429. The smallest absolute Gasteiger partial charge is 0.165 e. The number of benzene rings is 1. The van der Waals surface area contributed by atoms with Crippen LogP contribution in [0.4, 0.5) is 4.39 Å². The lowest BCUT2D eigenvalue weighted by Gasteiger charge is -2.52. The standard InChI is InChI=1S/C15H20BrFO/c1-4-15(5-2)13(16)9-14(15)18-12-8-10(3)6-7-11(12)17/h6-8,13-14H,4-5,9H2,1-3H3. The Balaban J connectivity index is 2.17. The van der Waals surface area contributed by atoms with Crippen LogP contribution in [0.15, 0.2) is 18.2 Å². The van der Waals surface area contributed by atoms with E-state index in [1.165, 1.54) is 6.07 Å². The Labute approximate surface area is 117 Å². The van der Waals surface area contributed by atoms with E-state index < -0.39 is 0 Å². The van der Waals surface area contributed by atoms with Gasteiger partial charge in [-0.3, -0.25) is 0 Å². The fraction of sp³-hybridized carbons (Fsp3) is 0.600. The van der Waals surface area contributed by atoms with Crippen LogP contribution in [0.1, 0.15) is 38.7 Å². The molecule has 2 atom stereocenters. The van der Waals surface area contributed by atoms with Crippen LogP contribution in [0.25, 0.3) is 0 Å². The lowest BCUT2D eigenvalue weighted by Crippen LogP contribution is -2.56. The molecule has 0 spiro atoms. The maximum Gasteiger partial charge on any atom is 0.165 e. The normalized spacial score (nSPS) is 25.6. The molecule has 1 saturated carbocycles. The summed E-state index contributed by atoms with van der Waals surface area (Å²) in [7, 11) is 0. The minimum atomic E-state index is -0.264. The maximum absolute atomic E-state index is 13.7. The Morgan fingerprint density at radius 1 is 1.39 bits per heavy atom. The van der Waals surface area contributed by atoms with Crippen molar-refractivity contribution in [1.29, 1.82) is 0 Å². The molecule has 1 aliphatic rings. The highest BCUT2D eigenvalue weighted by Gasteiger charge is 2.53. The molecule has 0 saturated heterocycles. The summed E-state index contributed by atoms with van der Waals surface area (Å²) in [4.78, 5) is 0.484. The van der Waals surface area contributed by atoms with Crippen LogP contribution in [0.3, 0.4) is 0 Å². The summed E-state index contributed by atoms with van der Waals surface area (Å²) in [6, 6.07) is 5.03. The van der Waals surface area contributed by atoms with Crippen molar-refractivity contribution in [2.75, 3.05) is 0 Å². The van der Waals surface area contributed by atoms with Gasteiger partial charge in [-0.2, -0.15) is 0 Å². The zero-order valence-electron chi connectivity index (χ0n) is 11.2. The molecular weight excluding hydrogens is 295 g/mol. The molecule has 1 aromatic carbocycles. The van der Waals surface area contributed by atoms with Crippen LogP contribution in [-0.2, 0) is 0 Å². The number of hydrogen-bond donors (Lipinski definition) is 0. The summed E-state index contributed by atoms with van der Waals surface area (Å²) in [5.74, 6) is 0.130. The van der Waals surface area contributed by atoms with Gasteiger partial charge < -0.3 is 4.74 Å². The van der Waals surface area contributed by atoms with Crippen LogP contribution in [-0.4, -0.2) is 10.9 Å². The second-order valence-electron chi connectivity index (χ2n) is 5.18. The molecule has 0 bridgehead atoms. The molecule has 2 unspecified atom stereocenters. The summed E-state index contributed by atoms with van der Waals surface area (Å²) in [5.41, 5.74) is 1.18. The van der Waals surface area contributed by atoms with E-state index >= 15 is 0 Å². The minimum Gasteiger partial charge on any atom is -0.487 e. The molecule has 0 amide bonds. The SMILES string of the molecule is CCC1(CC)C(Br)CC1Oc1cc(C)ccc1F. The average Bonchev–Trinajstić information content (AvgIpc) is 2.35. The van der Waals surface area contributed by atoms with Crippen molar-refractivity contribution >= 4 is 15.9 Å². The number of aryl methyl sites for hydroxylation is 1. The number of ether oxygens (including phenoxy) is 1. The van der Waals surface area contributed by atoms with Gasteiger partial charge in [-0.25, -0.2) is 4.39 Å². The topological polar surface area (TPSA) is 9.23 Å². The van der Waals surface area contributed by atoms with Gasteiger partial charge in [0.25, 0.3) is 0 Å². The van der Waals surface area contributed by atoms with E-state index in [0.29, 0.717) is 10.6 Å². The molecule has 0 aliphatic heterocycles. The molecule has 1 nitrogen and oxygen atoms in total. The summed E-state index contributed by atoms with van der Waals surface area (Å²) < 4.78 is 19.6. The van der Waals surface area contributed by atoms with Crippen molar-refractivity contribution in [2.24, 2.45) is 5.41 Å². The predicted octanol–water partition coefficient (Wildman–Crippen LogP) is 4.86. The molecule has 1 aromatic rings. The van der Waals surface area contributed by atoms with E-state index in [-0.39, 0.29) is 17.3 Å². The number of hydrogen-bond acceptors (Lipinski definition) is 1. The van der Waals surface area contributed by atoms with Gasteiger partial charge in [0.2, 0.25) is 0 Å². The Morgan fingerprint density at radius 2 is 2.06 bits per heavy atom. The van der Waals surface area contributed by atoms with Crippen molar-refractivity contribution in [3.05, 3.63) is 29.6 Å². The van der Waals surface area contributed by atoms with Crippen molar-refractivity contribution in [1.82, 2.24) is 0 Å². The molecule has 0 aromatic heterocycles. The molecule has 0 N–H and O–H groups in total. The van der Waals surface area contributed by atoms with Gasteiger partial charge in [-0.1, -0.05) is 35.8 Å². The predicted molar refractivity (Wildman–Crippen MR) is 75.9 cm³/mol. The number of alkyl halides is 1. The third-order valence-electron chi connectivity index (χ3n) is 4.36. The lowest BCUT2D eigenvalue weighted by molar-refractivity contribution is -0.0430. The van der Waals surface area contributed by atoms with Gasteiger partial charge >= 0.3 is 0 Å². The van der Waals surface area contributed by atoms with Crippen molar-refractivity contribution < 1.29 is 9.13 Å². The number of halogens is 2. The van der Waals surface area contributed by atoms with Gasteiger partial charge in [0.15, 0.2) is 11.6 Å². The van der Waals surface area contributed by atoms with Crippen LogP contribution in [0.5, 0.6) is 5.75 Å². The molecule has 1 fully saturated rings. The first kappa shape index (κ1) is 13.9. The first-order valence-corrected chi connectivity index (χ1v) is 7.52. The number of rotatable bonds is 4. The van der Waals surface area contributed by atoms with Gasteiger partial charge in [-0.05, 0) is 43.9 Å². The van der Waals surface area contributed by atoms with Crippen molar-refractivity contribution in [2.45, 2.75) is 51.0 Å². The quantitative estimate of drug-likeness (QED) is 0.721. The first-order valence-electron chi connectivity index (χ1n) is 6.60. The Kier molecular flexibility index (Phi) is 4.00. The molecule has 18 heavy (non-hydrogen) atoms. The molecule has 0 heterocycles.